The molecule has 2 aromatic rings. The minimum absolute atomic E-state index is 1.04. The summed E-state index contributed by atoms with van der Waals surface area (Å²) in [6.45, 7) is 13.7. The normalized spacial score (nSPS) is 13.5. The second kappa shape index (κ2) is 20.6. The van der Waals surface area contributed by atoms with Gasteiger partial charge in [0.2, 0.25) is 11.4 Å². The average molecular weight is 611 g/mol. The molecule has 0 radical (unpaired) electrons. The second-order valence-electron chi connectivity index (χ2n) is 13.7. The van der Waals surface area contributed by atoms with E-state index in [1.807, 2.05) is 0 Å². The van der Waals surface area contributed by atoms with Crippen LogP contribution in [-0.2, 0) is 25.7 Å². The predicted molar refractivity (Wildman–Crippen MR) is 198 cm³/mol. The molecule has 0 N–H and O–H groups in total. The SMILES string of the molecule is CCCCCCC1=C(c2cc(CCCC)cc(CCCC)c2)[N+](=[N-])C(c2cc(CCCC)cc(CCCC)c2)=C1CCCCC. The Kier molecular flexibility index (Phi) is 16.9. The van der Waals surface area contributed by atoms with Crippen molar-refractivity contribution in [3.63, 3.8) is 0 Å². The minimum Gasteiger partial charge on any atom is -0.493 e. The molecule has 2 aromatic carbocycles. The first-order chi connectivity index (χ1) is 22.0. The molecular formula is C43H66N2. The van der Waals surface area contributed by atoms with Crippen LogP contribution in [0.3, 0.4) is 0 Å². The van der Waals surface area contributed by atoms with Gasteiger partial charge in [0.15, 0.2) is 0 Å². The lowest BCUT2D eigenvalue weighted by molar-refractivity contribution is -0.345. The van der Waals surface area contributed by atoms with E-state index in [0.29, 0.717) is 0 Å². The van der Waals surface area contributed by atoms with Crippen molar-refractivity contribution in [2.75, 3.05) is 0 Å². The van der Waals surface area contributed by atoms with Gasteiger partial charge in [-0.3, -0.25) is 0 Å². The number of hydrogen-bond donors (Lipinski definition) is 0. The van der Waals surface area contributed by atoms with Crippen molar-refractivity contribution in [3.05, 3.63) is 86.5 Å². The highest BCUT2D eigenvalue weighted by Gasteiger charge is 2.35. The Morgan fingerprint density at radius 2 is 0.689 bits per heavy atom. The molecule has 0 unspecified atom stereocenters. The number of benzene rings is 2. The number of allylic oxidation sites excluding steroid dienone is 2. The van der Waals surface area contributed by atoms with Crippen LogP contribution in [0.15, 0.2) is 47.5 Å². The summed E-state index contributed by atoms with van der Waals surface area (Å²) in [5.41, 5.74) is 25.5. The highest BCUT2D eigenvalue weighted by Crippen LogP contribution is 2.45. The maximum Gasteiger partial charge on any atom is 0.211 e. The molecule has 0 atom stereocenters. The average Bonchev–Trinajstić information content (AvgIpc) is 3.33. The van der Waals surface area contributed by atoms with Gasteiger partial charge >= 0.3 is 0 Å². The first-order valence-corrected chi connectivity index (χ1v) is 19.2. The number of aryl methyl sites for hydroxylation is 4. The topological polar surface area (TPSA) is 25.3 Å². The summed E-state index contributed by atoms with van der Waals surface area (Å²) in [6.07, 6.45) is 24.7. The summed E-state index contributed by atoms with van der Waals surface area (Å²) < 4.78 is 1.65. The third kappa shape index (κ3) is 11.1. The monoisotopic (exact) mass is 611 g/mol. The number of rotatable bonds is 23. The zero-order valence-electron chi connectivity index (χ0n) is 30.2. The fraction of sp³-hybridized carbons (Fsp3) is 0.628. The van der Waals surface area contributed by atoms with E-state index in [1.54, 1.807) is 4.70 Å². The lowest BCUT2D eigenvalue weighted by Crippen LogP contribution is -2.05. The molecule has 0 fully saturated rings. The van der Waals surface area contributed by atoms with Crippen molar-refractivity contribution < 1.29 is 4.70 Å². The van der Waals surface area contributed by atoms with Crippen LogP contribution in [0.1, 0.15) is 184 Å². The van der Waals surface area contributed by atoms with Gasteiger partial charge in [0.05, 0.1) is 0 Å². The highest BCUT2D eigenvalue weighted by molar-refractivity contribution is 5.82. The van der Waals surface area contributed by atoms with Gasteiger partial charge in [-0.2, -0.15) is 0 Å². The van der Waals surface area contributed by atoms with Crippen molar-refractivity contribution in [2.24, 2.45) is 0 Å². The van der Waals surface area contributed by atoms with E-state index in [9.17, 15) is 5.53 Å². The quantitative estimate of drug-likeness (QED) is 0.0883. The van der Waals surface area contributed by atoms with E-state index in [2.05, 4.69) is 77.9 Å². The molecule has 248 valence electrons. The van der Waals surface area contributed by atoms with E-state index in [4.69, 9.17) is 0 Å². The third-order valence-corrected chi connectivity index (χ3v) is 9.60. The Balaban J connectivity index is 2.23. The molecule has 1 aliphatic rings. The Bertz CT molecular complexity index is 1210. The molecule has 3 rings (SSSR count). The van der Waals surface area contributed by atoms with Gasteiger partial charge in [-0.05, 0) is 124 Å². The van der Waals surface area contributed by atoms with E-state index in [1.165, 1.54) is 141 Å². The van der Waals surface area contributed by atoms with Crippen molar-refractivity contribution in [3.8, 4) is 0 Å². The van der Waals surface area contributed by atoms with E-state index in [0.717, 1.165) is 49.9 Å². The van der Waals surface area contributed by atoms with Crippen molar-refractivity contribution in [1.29, 1.82) is 0 Å². The molecule has 2 heteroatoms. The zero-order chi connectivity index (χ0) is 32.4. The molecule has 1 heterocycles. The van der Waals surface area contributed by atoms with Gasteiger partial charge in [-0.15, -0.1) is 0 Å². The third-order valence-electron chi connectivity index (χ3n) is 9.60. The van der Waals surface area contributed by atoms with E-state index >= 15 is 0 Å². The second-order valence-corrected chi connectivity index (χ2v) is 13.7. The predicted octanol–water partition coefficient (Wildman–Crippen LogP) is 13.8. The van der Waals surface area contributed by atoms with Crippen molar-refractivity contribution in [1.82, 2.24) is 0 Å². The first-order valence-electron chi connectivity index (χ1n) is 19.2. The van der Waals surface area contributed by atoms with E-state index in [-0.39, 0.29) is 0 Å². The van der Waals surface area contributed by atoms with Crippen LogP contribution in [0.2, 0.25) is 0 Å². The molecule has 0 amide bonds. The zero-order valence-corrected chi connectivity index (χ0v) is 30.2. The molecule has 0 spiro atoms. The summed E-state index contributed by atoms with van der Waals surface area (Å²) in [7, 11) is 0. The van der Waals surface area contributed by atoms with Crippen molar-refractivity contribution >= 4 is 11.4 Å². The Hall–Kier alpha value is -2.48. The van der Waals surface area contributed by atoms with Crippen LogP contribution in [0.5, 0.6) is 0 Å². The van der Waals surface area contributed by atoms with Crippen LogP contribution in [0, 0.1) is 0 Å². The number of unbranched alkanes of at least 4 members (excludes halogenated alkanes) is 9. The molecular weight excluding hydrogens is 544 g/mol. The number of nitrogens with zero attached hydrogens (tertiary/aromatic N) is 2. The lowest BCUT2D eigenvalue weighted by atomic mass is 9.89. The van der Waals surface area contributed by atoms with E-state index < -0.39 is 0 Å². The molecule has 1 aliphatic heterocycles. The van der Waals surface area contributed by atoms with Gasteiger partial charge < -0.3 is 5.53 Å². The summed E-state index contributed by atoms with van der Waals surface area (Å²) in [5.74, 6) is 0. The van der Waals surface area contributed by atoms with Crippen LogP contribution in [0.25, 0.3) is 16.9 Å². The fourth-order valence-corrected chi connectivity index (χ4v) is 6.96. The van der Waals surface area contributed by atoms with Crippen LogP contribution in [-0.4, -0.2) is 4.70 Å². The van der Waals surface area contributed by atoms with Crippen LogP contribution in [0.4, 0.5) is 0 Å². The van der Waals surface area contributed by atoms with Gasteiger partial charge in [0.25, 0.3) is 0 Å². The highest BCUT2D eigenvalue weighted by atomic mass is 15.2. The Labute approximate surface area is 278 Å². The van der Waals surface area contributed by atoms with Crippen LogP contribution < -0.4 is 0 Å². The summed E-state index contributed by atoms with van der Waals surface area (Å²) in [4.78, 5) is 0. The molecule has 0 bridgehead atoms. The minimum atomic E-state index is 1.04. The first kappa shape index (κ1) is 37.0. The largest absolute Gasteiger partial charge is 0.493 e. The summed E-state index contributed by atoms with van der Waals surface area (Å²) in [5, 5.41) is 0. The van der Waals surface area contributed by atoms with Gasteiger partial charge in [0.1, 0.15) is 0 Å². The Morgan fingerprint density at radius 3 is 1.02 bits per heavy atom. The van der Waals surface area contributed by atoms with Gasteiger partial charge in [-0.1, -0.05) is 111 Å². The molecule has 0 saturated carbocycles. The molecule has 0 saturated heterocycles. The summed E-state index contributed by atoms with van der Waals surface area (Å²) in [6, 6.07) is 14.5. The number of hydrogen-bond acceptors (Lipinski definition) is 0. The molecule has 2 nitrogen and oxygen atoms in total. The standard InChI is InChI=1S/C43H66N2/c1-7-13-19-21-27-41-40(26-20-14-8-2)42(38-30-34(22-15-9-3)28-35(31-38)23-16-10-4)45(44)43(41)39-32-36(24-17-11-5)29-37(33-39)25-18-12-6/h28-33H,7-27H2,1-6H3. The smallest absolute Gasteiger partial charge is 0.211 e. The lowest BCUT2D eigenvalue weighted by Gasteiger charge is -2.14. The maximum atomic E-state index is 12.4. The molecule has 0 aliphatic carbocycles. The van der Waals surface area contributed by atoms with Crippen molar-refractivity contribution in [2.45, 2.75) is 176 Å². The Morgan fingerprint density at radius 1 is 0.378 bits per heavy atom. The fourth-order valence-electron chi connectivity index (χ4n) is 6.96. The van der Waals surface area contributed by atoms with Crippen LogP contribution >= 0.6 is 0 Å². The molecule has 45 heavy (non-hydrogen) atoms. The molecule has 0 aromatic heterocycles. The summed E-state index contributed by atoms with van der Waals surface area (Å²) >= 11 is 0. The maximum absolute atomic E-state index is 12.4. The van der Waals surface area contributed by atoms with Gasteiger partial charge in [0, 0.05) is 22.3 Å². The van der Waals surface area contributed by atoms with Gasteiger partial charge in [-0.25, -0.2) is 4.70 Å².